The Morgan fingerprint density at radius 1 is 1.24 bits per heavy atom. The van der Waals surface area contributed by atoms with Crippen LogP contribution in [0.3, 0.4) is 0 Å². The van der Waals surface area contributed by atoms with Crippen LogP contribution in [0.4, 0.5) is 0 Å². The minimum Gasteiger partial charge on any atom is -0.489 e. The molecule has 2 rings (SSSR count). The van der Waals surface area contributed by atoms with Gasteiger partial charge < -0.3 is 15.2 Å². The first-order chi connectivity index (χ1) is 10.1. The molecule has 2 aromatic rings. The molecule has 0 spiro atoms. The lowest BCUT2D eigenvalue weighted by Gasteiger charge is -2.17. The molecule has 1 aromatic carbocycles. The van der Waals surface area contributed by atoms with Crippen LogP contribution in [0.5, 0.6) is 5.75 Å². The molecular weight excluding hydrogens is 329 g/mol. The highest BCUT2D eigenvalue weighted by Gasteiger charge is 2.11. The van der Waals surface area contributed by atoms with Crippen LogP contribution in [-0.2, 0) is 0 Å². The van der Waals surface area contributed by atoms with Gasteiger partial charge in [0.05, 0.1) is 9.36 Å². The van der Waals surface area contributed by atoms with Crippen LogP contribution < -0.4 is 10.1 Å². The van der Waals surface area contributed by atoms with Gasteiger partial charge in [-0.25, -0.2) is 0 Å². The molecule has 0 radical (unpaired) electrons. The summed E-state index contributed by atoms with van der Waals surface area (Å²) in [5.74, 6) is 0.580. The Kier molecular flexibility index (Phi) is 6.33. The molecule has 0 fully saturated rings. The molecule has 114 valence electrons. The van der Waals surface area contributed by atoms with E-state index in [1.807, 2.05) is 31.2 Å². The zero-order valence-electron chi connectivity index (χ0n) is 11.6. The highest BCUT2D eigenvalue weighted by molar-refractivity contribution is 7.16. The second-order valence-corrected chi connectivity index (χ2v) is 6.82. The Morgan fingerprint density at radius 2 is 2.00 bits per heavy atom. The van der Waals surface area contributed by atoms with Crippen molar-refractivity contribution in [2.24, 2.45) is 0 Å². The SMILES string of the molecule is CC(NCC(O)COc1ccccc1Cl)c1ccc(Cl)s1. The fourth-order valence-electron chi connectivity index (χ4n) is 1.78. The third-order valence-electron chi connectivity index (χ3n) is 2.95. The Labute approximate surface area is 138 Å². The van der Waals surface area contributed by atoms with Crippen molar-refractivity contribution in [3.63, 3.8) is 0 Å². The van der Waals surface area contributed by atoms with E-state index in [1.165, 1.54) is 11.3 Å². The number of benzene rings is 1. The number of aliphatic hydroxyl groups excluding tert-OH is 1. The van der Waals surface area contributed by atoms with Crippen LogP contribution >= 0.6 is 34.5 Å². The maximum Gasteiger partial charge on any atom is 0.138 e. The fourth-order valence-corrected chi connectivity index (χ4v) is 3.06. The number of para-hydroxylation sites is 1. The van der Waals surface area contributed by atoms with Crippen molar-refractivity contribution in [1.29, 1.82) is 0 Å². The Bertz CT molecular complexity index is 576. The summed E-state index contributed by atoms with van der Waals surface area (Å²) in [5.41, 5.74) is 0. The van der Waals surface area contributed by atoms with Gasteiger partial charge in [-0.2, -0.15) is 0 Å². The van der Waals surface area contributed by atoms with Gasteiger partial charge in [0.25, 0.3) is 0 Å². The summed E-state index contributed by atoms with van der Waals surface area (Å²) >= 11 is 13.4. The van der Waals surface area contributed by atoms with Crippen molar-refractivity contribution in [1.82, 2.24) is 5.32 Å². The van der Waals surface area contributed by atoms with Gasteiger partial charge in [-0.15, -0.1) is 11.3 Å². The van der Waals surface area contributed by atoms with Gasteiger partial charge in [0.1, 0.15) is 18.5 Å². The Hall–Kier alpha value is -0.780. The Morgan fingerprint density at radius 3 is 2.67 bits per heavy atom. The molecule has 0 aliphatic carbocycles. The van der Waals surface area contributed by atoms with E-state index in [0.717, 1.165) is 9.21 Å². The van der Waals surface area contributed by atoms with Gasteiger partial charge in [0, 0.05) is 17.5 Å². The molecule has 21 heavy (non-hydrogen) atoms. The highest BCUT2D eigenvalue weighted by Crippen LogP contribution is 2.26. The van der Waals surface area contributed by atoms with E-state index < -0.39 is 6.10 Å². The minimum atomic E-state index is -0.612. The van der Waals surface area contributed by atoms with Crippen LogP contribution in [-0.4, -0.2) is 24.4 Å². The first kappa shape index (κ1) is 16.6. The standard InChI is InChI=1S/C15H17Cl2NO2S/c1-10(14-6-7-15(17)21-14)18-8-11(19)9-20-13-5-3-2-4-12(13)16/h2-7,10-11,18-19H,8-9H2,1H3. The second kappa shape index (κ2) is 8.01. The molecule has 1 aromatic heterocycles. The van der Waals surface area contributed by atoms with Crippen molar-refractivity contribution in [2.45, 2.75) is 19.1 Å². The monoisotopic (exact) mass is 345 g/mol. The summed E-state index contributed by atoms with van der Waals surface area (Å²) in [6.45, 7) is 2.65. The maximum atomic E-state index is 9.95. The normalized spacial score (nSPS) is 13.9. The first-order valence-corrected chi connectivity index (χ1v) is 8.17. The third-order valence-corrected chi connectivity index (χ3v) is 4.67. The van der Waals surface area contributed by atoms with Gasteiger partial charge in [0.15, 0.2) is 0 Å². The summed E-state index contributed by atoms with van der Waals surface area (Å²) in [5, 5.41) is 13.7. The summed E-state index contributed by atoms with van der Waals surface area (Å²) in [6.07, 6.45) is -0.612. The number of halogens is 2. The van der Waals surface area contributed by atoms with E-state index in [0.29, 0.717) is 17.3 Å². The van der Waals surface area contributed by atoms with E-state index >= 15 is 0 Å². The molecule has 0 aliphatic rings. The number of aliphatic hydroxyl groups is 1. The summed E-state index contributed by atoms with van der Waals surface area (Å²) < 4.78 is 6.27. The maximum absolute atomic E-state index is 9.95. The largest absolute Gasteiger partial charge is 0.489 e. The second-order valence-electron chi connectivity index (χ2n) is 4.67. The van der Waals surface area contributed by atoms with E-state index in [2.05, 4.69) is 5.32 Å². The molecule has 0 bridgehead atoms. The van der Waals surface area contributed by atoms with Crippen LogP contribution in [0.2, 0.25) is 9.36 Å². The van der Waals surface area contributed by atoms with E-state index in [1.54, 1.807) is 12.1 Å². The van der Waals surface area contributed by atoms with Crippen molar-refractivity contribution < 1.29 is 9.84 Å². The van der Waals surface area contributed by atoms with Crippen LogP contribution in [0, 0.1) is 0 Å². The van der Waals surface area contributed by atoms with Crippen molar-refractivity contribution in [2.75, 3.05) is 13.2 Å². The smallest absolute Gasteiger partial charge is 0.138 e. The minimum absolute atomic E-state index is 0.137. The number of nitrogens with one attached hydrogen (secondary N) is 1. The Balaban J connectivity index is 1.75. The van der Waals surface area contributed by atoms with Crippen LogP contribution in [0.15, 0.2) is 36.4 Å². The highest BCUT2D eigenvalue weighted by atomic mass is 35.5. The zero-order chi connectivity index (χ0) is 15.2. The lowest BCUT2D eigenvalue weighted by Crippen LogP contribution is -2.32. The van der Waals surface area contributed by atoms with E-state index in [-0.39, 0.29) is 12.6 Å². The fraction of sp³-hybridized carbons (Fsp3) is 0.333. The molecule has 0 saturated carbocycles. The van der Waals surface area contributed by atoms with Gasteiger partial charge in [0.2, 0.25) is 0 Å². The molecule has 6 heteroatoms. The molecule has 2 atom stereocenters. The van der Waals surface area contributed by atoms with Gasteiger partial charge in [-0.3, -0.25) is 0 Å². The lowest BCUT2D eigenvalue weighted by atomic mass is 10.2. The molecule has 0 saturated heterocycles. The molecule has 1 heterocycles. The predicted molar refractivity (Wildman–Crippen MR) is 88.7 cm³/mol. The average Bonchev–Trinajstić information content (AvgIpc) is 2.90. The number of thiophene rings is 1. The van der Waals surface area contributed by atoms with Crippen molar-refractivity contribution in [3.05, 3.63) is 50.6 Å². The zero-order valence-corrected chi connectivity index (χ0v) is 13.9. The third kappa shape index (κ3) is 5.16. The number of rotatable bonds is 7. The topological polar surface area (TPSA) is 41.5 Å². The lowest BCUT2D eigenvalue weighted by molar-refractivity contribution is 0.104. The molecular formula is C15H17Cl2NO2S. The van der Waals surface area contributed by atoms with Crippen LogP contribution in [0.1, 0.15) is 17.8 Å². The van der Waals surface area contributed by atoms with E-state index in [9.17, 15) is 5.11 Å². The molecule has 2 N–H and O–H groups in total. The molecule has 0 aliphatic heterocycles. The summed E-state index contributed by atoms with van der Waals surface area (Å²) in [7, 11) is 0. The predicted octanol–water partition coefficient (Wildman–Crippen LogP) is 4.15. The first-order valence-electron chi connectivity index (χ1n) is 6.60. The quantitative estimate of drug-likeness (QED) is 0.792. The van der Waals surface area contributed by atoms with Gasteiger partial charge >= 0.3 is 0 Å². The summed E-state index contributed by atoms with van der Waals surface area (Å²) in [6, 6.07) is 11.2. The molecule has 0 amide bonds. The van der Waals surface area contributed by atoms with Gasteiger partial charge in [-0.1, -0.05) is 35.3 Å². The molecule has 3 nitrogen and oxygen atoms in total. The summed E-state index contributed by atoms with van der Waals surface area (Å²) in [4.78, 5) is 1.14. The van der Waals surface area contributed by atoms with Gasteiger partial charge in [-0.05, 0) is 31.2 Å². The molecule has 2 unspecified atom stereocenters. The van der Waals surface area contributed by atoms with Crippen molar-refractivity contribution >= 4 is 34.5 Å². The number of hydrogen-bond acceptors (Lipinski definition) is 4. The van der Waals surface area contributed by atoms with Crippen molar-refractivity contribution in [3.8, 4) is 5.75 Å². The van der Waals surface area contributed by atoms with E-state index in [4.69, 9.17) is 27.9 Å². The van der Waals surface area contributed by atoms with Crippen LogP contribution in [0.25, 0.3) is 0 Å². The number of hydrogen-bond donors (Lipinski definition) is 2. The average molecular weight is 346 g/mol. The number of ether oxygens (including phenoxy) is 1.